The van der Waals surface area contributed by atoms with Crippen LogP contribution in [0, 0.1) is 0 Å². The van der Waals surface area contributed by atoms with Gasteiger partial charge in [-0.05, 0) is 24.3 Å². The van der Waals surface area contributed by atoms with Crippen molar-refractivity contribution >= 4 is 28.1 Å². The van der Waals surface area contributed by atoms with Crippen molar-refractivity contribution in [3.63, 3.8) is 0 Å². The average molecular weight is 365 g/mol. The SMILES string of the molecule is CN(C)C(=O)c1cccnc1N(C(=O)Oc1ccccc1)S(=O)(=O)O. The number of benzene rings is 1. The van der Waals surface area contributed by atoms with Crippen molar-refractivity contribution < 1.29 is 27.3 Å². The van der Waals surface area contributed by atoms with Crippen molar-refractivity contribution in [3.05, 3.63) is 54.2 Å². The minimum atomic E-state index is -5.09. The van der Waals surface area contributed by atoms with E-state index in [1.165, 1.54) is 49.5 Å². The highest BCUT2D eigenvalue weighted by Crippen LogP contribution is 2.23. The van der Waals surface area contributed by atoms with Gasteiger partial charge in [0.25, 0.3) is 5.91 Å². The Morgan fingerprint density at radius 3 is 2.28 bits per heavy atom. The molecule has 0 aliphatic heterocycles. The Hall–Kier alpha value is -2.98. The summed E-state index contributed by atoms with van der Waals surface area (Å²) in [5.74, 6) is -1.12. The fourth-order valence-electron chi connectivity index (χ4n) is 1.89. The van der Waals surface area contributed by atoms with E-state index >= 15 is 0 Å². The number of hydrogen-bond acceptors (Lipinski definition) is 6. The van der Waals surface area contributed by atoms with Gasteiger partial charge in [-0.2, -0.15) is 8.42 Å². The minimum Gasteiger partial charge on any atom is -0.409 e. The van der Waals surface area contributed by atoms with Crippen LogP contribution in [-0.4, -0.2) is 49.0 Å². The Morgan fingerprint density at radius 1 is 1.08 bits per heavy atom. The van der Waals surface area contributed by atoms with Crippen LogP contribution in [0.5, 0.6) is 5.75 Å². The molecule has 0 saturated heterocycles. The van der Waals surface area contributed by atoms with Crippen LogP contribution in [0.2, 0.25) is 0 Å². The van der Waals surface area contributed by atoms with Gasteiger partial charge in [0.15, 0.2) is 5.82 Å². The van der Waals surface area contributed by atoms with Gasteiger partial charge in [-0.25, -0.2) is 9.78 Å². The molecule has 1 aromatic heterocycles. The summed E-state index contributed by atoms with van der Waals surface area (Å²) in [6.45, 7) is 0. The molecule has 2 aromatic rings. The highest BCUT2D eigenvalue weighted by atomic mass is 32.2. The van der Waals surface area contributed by atoms with Gasteiger partial charge in [-0.15, -0.1) is 4.31 Å². The maximum absolute atomic E-state index is 12.3. The molecule has 2 amide bonds. The van der Waals surface area contributed by atoms with Gasteiger partial charge in [-0.1, -0.05) is 18.2 Å². The smallest absolute Gasteiger partial charge is 0.409 e. The van der Waals surface area contributed by atoms with Gasteiger partial charge in [0.2, 0.25) is 0 Å². The van der Waals surface area contributed by atoms with Crippen molar-refractivity contribution in [2.24, 2.45) is 0 Å². The Bertz CT molecular complexity index is 883. The van der Waals surface area contributed by atoms with Gasteiger partial charge in [0.05, 0.1) is 5.56 Å². The monoisotopic (exact) mass is 365 g/mol. The van der Waals surface area contributed by atoms with Gasteiger partial charge in [-0.3, -0.25) is 9.35 Å². The van der Waals surface area contributed by atoms with Crippen molar-refractivity contribution in [2.75, 3.05) is 18.4 Å². The quantitative estimate of drug-likeness (QED) is 0.818. The summed E-state index contributed by atoms with van der Waals surface area (Å²) in [5, 5.41) is 0. The number of amides is 2. The number of ether oxygens (including phenoxy) is 1. The second-order valence-electron chi connectivity index (χ2n) is 5.00. The minimum absolute atomic E-state index is 0.0533. The van der Waals surface area contributed by atoms with E-state index in [0.29, 0.717) is 0 Å². The van der Waals surface area contributed by atoms with Crippen LogP contribution in [0.15, 0.2) is 48.7 Å². The summed E-state index contributed by atoms with van der Waals surface area (Å²) in [6, 6.07) is 10.3. The van der Waals surface area contributed by atoms with Crippen LogP contribution in [0.1, 0.15) is 10.4 Å². The number of carbonyl (C=O) groups is 2. The fourth-order valence-corrected chi connectivity index (χ4v) is 2.48. The standard InChI is InChI=1S/C15H15N3O6S/c1-17(2)14(19)12-9-6-10-16-13(12)18(25(21,22)23)15(20)24-11-7-4-3-5-8-11/h3-10H,1-2H3,(H,21,22,23). The van der Waals surface area contributed by atoms with Gasteiger partial charge in [0.1, 0.15) is 5.75 Å². The molecule has 0 radical (unpaired) electrons. The highest BCUT2D eigenvalue weighted by molar-refractivity contribution is 7.88. The average Bonchev–Trinajstić information content (AvgIpc) is 2.54. The lowest BCUT2D eigenvalue weighted by Crippen LogP contribution is -2.40. The third-order valence-corrected chi connectivity index (χ3v) is 3.74. The summed E-state index contributed by atoms with van der Waals surface area (Å²) in [6.07, 6.45) is -0.254. The molecule has 10 heteroatoms. The van der Waals surface area contributed by atoms with Crippen LogP contribution in [-0.2, 0) is 10.3 Å². The molecule has 1 aromatic carbocycles. The lowest BCUT2D eigenvalue weighted by atomic mass is 10.2. The van der Waals surface area contributed by atoms with Crippen molar-refractivity contribution in [3.8, 4) is 5.75 Å². The van der Waals surface area contributed by atoms with Crippen LogP contribution in [0.4, 0.5) is 10.6 Å². The van der Waals surface area contributed by atoms with Crippen LogP contribution in [0.3, 0.4) is 0 Å². The predicted molar refractivity (Wildman–Crippen MR) is 88.7 cm³/mol. The lowest BCUT2D eigenvalue weighted by molar-refractivity contribution is 0.0828. The van der Waals surface area contributed by atoms with E-state index in [9.17, 15) is 22.6 Å². The summed E-state index contributed by atoms with van der Waals surface area (Å²) >= 11 is 0. The molecule has 0 aliphatic carbocycles. The first kappa shape index (κ1) is 18.4. The molecule has 0 spiro atoms. The molecule has 0 bridgehead atoms. The van der Waals surface area contributed by atoms with Crippen LogP contribution in [0.25, 0.3) is 0 Å². The first-order valence-corrected chi connectivity index (χ1v) is 8.33. The maximum atomic E-state index is 12.3. The molecule has 0 aliphatic rings. The lowest BCUT2D eigenvalue weighted by Gasteiger charge is -2.20. The summed E-state index contributed by atoms with van der Waals surface area (Å²) in [4.78, 5) is 29.4. The van der Waals surface area contributed by atoms with Crippen molar-refractivity contribution in [2.45, 2.75) is 0 Å². The molecule has 132 valence electrons. The van der Waals surface area contributed by atoms with Gasteiger partial charge >= 0.3 is 16.4 Å². The Labute approximate surface area is 144 Å². The Kier molecular flexibility index (Phi) is 5.35. The second kappa shape index (κ2) is 7.28. The largest absolute Gasteiger partial charge is 0.436 e. The number of anilines is 1. The zero-order valence-corrected chi connectivity index (χ0v) is 14.2. The number of nitrogens with zero attached hydrogens (tertiary/aromatic N) is 3. The van der Waals surface area contributed by atoms with E-state index in [1.54, 1.807) is 18.2 Å². The zero-order valence-electron chi connectivity index (χ0n) is 13.4. The summed E-state index contributed by atoms with van der Waals surface area (Å²) in [5.41, 5.74) is -0.199. The van der Waals surface area contributed by atoms with E-state index in [0.717, 1.165) is 0 Å². The van der Waals surface area contributed by atoms with Gasteiger partial charge in [0, 0.05) is 20.3 Å². The van der Waals surface area contributed by atoms with E-state index < -0.39 is 28.1 Å². The number of para-hydroxylation sites is 1. The zero-order chi connectivity index (χ0) is 18.6. The maximum Gasteiger partial charge on any atom is 0.436 e. The second-order valence-corrected chi connectivity index (χ2v) is 6.26. The molecular formula is C15H15N3O6S. The molecule has 1 heterocycles. The first-order chi connectivity index (χ1) is 11.7. The van der Waals surface area contributed by atoms with E-state index in [1.807, 2.05) is 0 Å². The predicted octanol–water partition coefficient (Wildman–Crippen LogP) is 1.59. The molecule has 0 unspecified atom stereocenters. The topological polar surface area (TPSA) is 117 Å². The third-order valence-electron chi connectivity index (χ3n) is 2.96. The number of pyridine rings is 1. The molecule has 0 atom stereocenters. The van der Waals surface area contributed by atoms with Crippen molar-refractivity contribution in [1.82, 2.24) is 9.88 Å². The summed E-state index contributed by atoms with van der Waals surface area (Å²) < 4.78 is 37.8. The highest BCUT2D eigenvalue weighted by Gasteiger charge is 2.34. The van der Waals surface area contributed by atoms with Crippen molar-refractivity contribution in [1.29, 1.82) is 0 Å². The van der Waals surface area contributed by atoms with E-state index in [2.05, 4.69) is 4.98 Å². The normalized spacial score (nSPS) is 10.8. The summed E-state index contributed by atoms with van der Waals surface area (Å²) in [7, 11) is -2.21. The molecule has 25 heavy (non-hydrogen) atoms. The number of rotatable bonds is 4. The number of carbonyl (C=O) groups excluding carboxylic acids is 2. The Balaban J connectivity index is 2.50. The Morgan fingerprint density at radius 2 is 1.72 bits per heavy atom. The fraction of sp³-hybridized carbons (Fsp3) is 0.133. The molecule has 1 N–H and O–H groups in total. The van der Waals surface area contributed by atoms with E-state index in [-0.39, 0.29) is 15.6 Å². The van der Waals surface area contributed by atoms with Gasteiger partial charge < -0.3 is 9.64 Å². The molecule has 0 saturated carbocycles. The number of hydrogen-bond donors (Lipinski definition) is 1. The van der Waals surface area contributed by atoms with Crippen LogP contribution >= 0.6 is 0 Å². The van der Waals surface area contributed by atoms with E-state index in [4.69, 9.17) is 4.74 Å². The molecular weight excluding hydrogens is 350 g/mol. The molecule has 9 nitrogen and oxygen atoms in total. The molecule has 2 rings (SSSR count). The molecule has 0 fully saturated rings. The van der Waals surface area contributed by atoms with Crippen LogP contribution < -0.4 is 9.04 Å². The first-order valence-electron chi connectivity index (χ1n) is 6.93. The number of aromatic nitrogens is 1. The third kappa shape index (κ3) is 4.31.